The lowest BCUT2D eigenvalue weighted by Crippen LogP contribution is -2.36. The lowest BCUT2D eigenvalue weighted by molar-refractivity contribution is -0.138. The standard InChI is InChI=1S/C27H23F3N4O4/c28-27(29,30)21-4-2-1-3-17(21)15-34-16-20(25(36)24-22(34)9-10-23(35)32-24)26(37)31-18-5-7-19(8-6-18)33-11-13-38-14-12-33/h1-10,16H,11-15H2,(H,31,37)(H,32,35). The van der Waals surface area contributed by atoms with Gasteiger partial charge in [-0.3, -0.25) is 14.4 Å². The van der Waals surface area contributed by atoms with E-state index in [4.69, 9.17) is 4.74 Å². The van der Waals surface area contributed by atoms with Crippen molar-refractivity contribution in [3.05, 3.63) is 104 Å². The Balaban J connectivity index is 1.50. The van der Waals surface area contributed by atoms with E-state index in [1.807, 2.05) is 12.1 Å². The van der Waals surface area contributed by atoms with Gasteiger partial charge in [0.05, 0.1) is 24.3 Å². The minimum absolute atomic E-state index is 0.0544. The van der Waals surface area contributed by atoms with Gasteiger partial charge in [-0.15, -0.1) is 0 Å². The summed E-state index contributed by atoms with van der Waals surface area (Å²) in [6.45, 7) is 2.47. The third kappa shape index (κ3) is 5.18. The predicted molar refractivity (Wildman–Crippen MR) is 137 cm³/mol. The second-order valence-corrected chi connectivity index (χ2v) is 8.84. The van der Waals surface area contributed by atoms with Gasteiger partial charge in [0.1, 0.15) is 11.1 Å². The number of rotatable bonds is 5. The summed E-state index contributed by atoms with van der Waals surface area (Å²) in [5, 5.41) is 2.67. The SMILES string of the molecule is O=C(Nc1ccc(N2CCOCC2)cc1)c1cn(Cc2ccccc2C(F)(F)F)c2ccc(=O)[nH]c2c1=O. The Hall–Kier alpha value is -4.38. The van der Waals surface area contributed by atoms with Crippen LogP contribution >= 0.6 is 0 Å². The number of hydrogen-bond donors (Lipinski definition) is 2. The zero-order chi connectivity index (χ0) is 26.9. The highest BCUT2D eigenvalue weighted by molar-refractivity contribution is 6.05. The Morgan fingerprint density at radius 1 is 0.974 bits per heavy atom. The fraction of sp³-hybridized carbons (Fsp3) is 0.222. The average Bonchev–Trinajstić information content (AvgIpc) is 2.91. The summed E-state index contributed by atoms with van der Waals surface area (Å²) in [5.74, 6) is -0.751. The molecule has 1 saturated heterocycles. The van der Waals surface area contributed by atoms with Crippen molar-refractivity contribution < 1.29 is 22.7 Å². The number of anilines is 2. The van der Waals surface area contributed by atoms with Crippen LogP contribution in [-0.2, 0) is 17.5 Å². The highest BCUT2D eigenvalue weighted by Crippen LogP contribution is 2.32. The lowest BCUT2D eigenvalue weighted by Gasteiger charge is -2.28. The molecule has 196 valence electrons. The minimum Gasteiger partial charge on any atom is -0.378 e. The molecule has 1 fully saturated rings. The molecule has 3 heterocycles. The summed E-state index contributed by atoms with van der Waals surface area (Å²) in [4.78, 5) is 42.8. The Kier molecular flexibility index (Phi) is 6.77. The number of nitrogens with zero attached hydrogens (tertiary/aromatic N) is 2. The van der Waals surface area contributed by atoms with Crippen LogP contribution in [0.25, 0.3) is 11.0 Å². The number of alkyl halides is 3. The number of morpholine rings is 1. The Morgan fingerprint density at radius 2 is 1.68 bits per heavy atom. The molecule has 1 aliphatic heterocycles. The van der Waals surface area contributed by atoms with E-state index < -0.39 is 28.6 Å². The van der Waals surface area contributed by atoms with E-state index >= 15 is 0 Å². The van der Waals surface area contributed by atoms with E-state index in [2.05, 4.69) is 15.2 Å². The van der Waals surface area contributed by atoms with Crippen molar-refractivity contribution in [2.75, 3.05) is 36.5 Å². The van der Waals surface area contributed by atoms with E-state index in [1.165, 1.54) is 41.1 Å². The first-order chi connectivity index (χ1) is 18.2. The van der Waals surface area contributed by atoms with Crippen LogP contribution in [0.2, 0.25) is 0 Å². The number of aromatic amines is 1. The molecule has 0 saturated carbocycles. The summed E-state index contributed by atoms with van der Waals surface area (Å²) >= 11 is 0. The monoisotopic (exact) mass is 524 g/mol. The number of carbonyl (C=O) groups excluding carboxylic acids is 1. The van der Waals surface area contributed by atoms with Gasteiger partial charge in [-0.2, -0.15) is 13.2 Å². The first-order valence-corrected chi connectivity index (χ1v) is 11.9. The number of hydrogen-bond acceptors (Lipinski definition) is 5. The molecule has 0 bridgehead atoms. The first kappa shape index (κ1) is 25.3. The van der Waals surface area contributed by atoms with Crippen molar-refractivity contribution in [1.29, 1.82) is 0 Å². The van der Waals surface area contributed by atoms with Crippen molar-refractivity contribution >= 4 is 28.3 Å². The summed E-state index contributed by atoms with van der Waals surface area (Å²) in [6, 6.07) is 14.7. The number of aromatic nitrogens is 2. The van der Waals surface area contributed by atoms with E-state index in [0.717, 1.165) is 24.8 Å². The Bertz CT molecular complexity index is 1600. The summed E-state index contributed by atoms with van der Waals surface area (Å²) in [7, 11) is 0. The van der Waals surface area contributed by atoms with Crippen LogP contribution in [0.5, 0.6) is 0 Å². The fourth-order valence-electron chi connectivity index (χ4n) is 4.48. The van der Waals surface area contributed by atoms with Gasteiger partial charge in [0.2, 0.25) is 11.0 Å². The molecule has 2 aromatic heterocycles. The van der Waals surface area contributed by atoms with Gasteiger partial charge in [0.15, 0.2) is 0 Å². The van der Waals surface area contributed by atoms with Crippen LogP contribution in [0.15, 0.2) is 76.4 Å². The van der Waals surface area contributed by atoms with Gasteiger partial charge in [0, 0.05) is 43.3 Å². The van der Waals surface area contributed by atoms with Crippen molar-refractivity contribution in [2.24, 2.45) is 0 Å². The third-order valence-corrected chi connectivity index (χ3v) is 6.37. The number of H-pyrrole nitrogens is 1. The Morgan fingerprint density at radius 3 is 2.39 bits per heavy atom. The molecule has 0 radical (unpaired) electrons. The van der Waals surface area contributed by atoms with Gasteiger partial charge < -0.3 is 24.5 Å². The van der Waals surface area contributed by atoms with Gasteiger partial charge in [0.25, 0.3) is 5.91 Å². The predicted octanol–water partition coefficient (Wildman–Crippen LogP) is 3.85. The van der Waals surface area contributed by atoms with Crippen molar-refractivity contribution in [1.82, 2.24) is 9.55 Å². The zero-order valence-electron chi connectivity index (χ0n) is 20.0. The summed E-state index contributed by atoms with van der Waals surface area (Å²) in [5.41, 5.74) is -1.10. The second kappa shape index (κ2) is 10.2. The summed E-state index contributed by atoms with van der Waals surface area (Å²) in [6.07, 6.45) is -3.37. The second-order valence-electron chi connectivity index (χ2n) is 8.84. The molecule has 4 aromatic rings. The molecule has 1 aliphatic rings. The van der Waals surface area contributed by atoms with Gasteiger partial charge >= 0.3 is 6.18 Å². The van der Waals surface area contributed by atoms with Crippen LogP contribution in [-0.4, -0.2) is 41.8 Å². The molecule has 0 atom stereocenters. The number of nitrogens with one attached hydrogen (secondary N) is 2. The van der Waals surface area contributed by atoms with Crippen LogP contribution in [0.1, 0.15) is 21.5 Å². The molecule has 38 heavy (non-hydrogen) atoms. The highest BCUT2D eigenvalue weighted by atomic mass is 19.4. The van der Waals surface area contributed by atoms with Crippen LogP contribution < -0.4 is 21.2 Å². The quantitative estimate of drug-likeness (QED) is 0.414. The molecule has 5 rings (SSSR count). The minimum atomic E-state index is -4.59. The van der Waals surface area contributed by atoms with Crippen LogP contribution in [0.3, 0.4) is 0 Å². The van der Waals surface area contributed by atoms with E-state index in [-0.39, 0.29) is 28.7 Å². The molecular weight excluding hydrogens is 501 g/mol. The number of halogens is 3. The number of carbonyl (C=O) groups is 1. The number of benzene rings is 2. The normalized spacial score (nSPS) is 14.0. The molecular formula is C27H23F3N4O4. The van der Waals surface area contributed by atoms with Gasteiger partial charge in [-0.1, -0.05) is 18.2 Å². The average molecular weight is 524 g/mol. The molecule has 8 nitrogen and oxygen atoms in total. The molecule has 1 amide bonds. The maximum Gasteiger partial charge on any atom is 0.416 e. The number of fused-ring (bicyclic) bond motifs is 1. The van der Waals surface area contributed by atoms with E-state index in [0.29, 0.717) is 18.9 Å². The van der Waals surface area contributed by atoms with Crippen LogP contribution in [0.4, 0.5) is 24.5 Å². The Labute approximate surface area is 214 Å². The van der Waals surface area contributed by atoms with Crippen molar-refractivity contribution in [2.45, 2.75) is 12.7 Å². The first-order valence-electron chi connectivity index (χ1n) is 11.9. The van der Waals surface area contributed by atoms with E-state index in [9.17, 15) is 27.6 Å². The smallest absolute Gasteiger partial charge is 0.378 e. The third-order valence-electron chi connectivity index (χ3n) is 6.37. The maximum atomic E-state index is 13.6. The van der Waals surface area contributed by atoms with Crippen LogP contribution in [0, 0.1) is 0 Å². The molecule has 11 heteroatoms. The topological polar surface area (TPSA) is 96.4 Å². The fourth-order valence-corrected chi connectivity index (χ4v) is 4.48. The van der Waals surface area contributed by atoms with E-state index in [1.54, 1.807) is 12.1 Å². The number of amides is 1. The largest absolute Gasteiger partial charge is 0.416 e. The molecule has 0 spiro atoms. The summed E-state index contributed by atoms with van der Waals surface area (Å²) < 4.78 is 47.5. The van der Waals surface area contributed by atoms with Gasteiger partial charge in [-0.05, 0) is 42.0 Å². The maximum absolute atomic E-state index is 13.6. The molecule has 2 aromatic carbocycles. The lowest BCUT2D eigenvalue weighted by atomic mass is 10.1. The van der Waals surface area contributed by atoms with Gasteiger partial charge in [-0.25, -0.2) is 0 Å². The number of pyridine rings is 2. The molecule has 0 aliphatic carbocycles. The number of ether oxygens (including phenoxy) is 1. The highest BCUT2D eigenvalue weighted by Gasteiger charge is 2.33. The zero-order valence-corrected chi connectivity index (χ0v) is 20.0. The molecule has 2 N–H and O–H groups in total. The van der Waals surface area contributed by atoms with Crippen molar-refractivity contribution in [3.63, 3.8) is 0 Å². The van der Waals surface area contributed by atoms with Crippen molar-refractivity contribution in [3.8, 4) is 0 Å². The molecule has 0 unspecified atom stereocenters.